The van der Waals surface area contributed by atoms with Gasteiger partial charge in [-0.2, -0.15) is 5.26 Å². The number of nitrogens with one attached hydrogen (secondary N) is 1. The van der Waals surface area contributed by atoms with Gasteiger partial charge in [0, 0.05) is 10.9 Å². The number of phenolic OH excluding ortho intramolecular Hbond substituents is 1. The van der Waals surface area contributed by atoms with Crippen LogP contribution in [0.3, 0.4) is 0 Å². The van der Waals surface area contributed by atoms with Gasteiger partial charge in [-0.05, 0) is 57.0 Å². The maximum atomic E-state index is 10.2. The minimum absolute atomic E-state index is 0.0289. The van der Waals surface area contributed by atoms with Gasteiger partial charge in [0.05, 0.1) is 11.3 Å². The maximum Gasteiger partial charge on any atom is 0.165 e. The average Bonchev–Trinajstić information content (AvgIpc) is 2.63. The van der Waals surface area contributed by atoms with Gasteiger partial charge in [-0.3, -0.25) is 0 Å². The van der Waals surface area contributed by atoms with Gasteiger partial charge in [0.1, 0.15) is 23.2 Å². The molecular weight excluding hydrogens is 350 g/mol. The molecule has 1 aromatic heterocycles. The lowest BCUT2D eigenvalue weighted by atomic mass is 9.78. The third kappa shape index (κ3) is 3.74. The Hall–Kier alpha value is -2.36. The molecule has 6 nitrogen and oxygen atoms in total. The monoisotopic (exact) mass is 371 g/mol. The molecule has 1 fully saturated rings. The molecule has 2 atom stereocenters. The fourth-order valence-corrected chi connectivity index (χ4v) is 3.90. The predicted octanol–water partition coefficient (Wildman–Crippen LogP) is 3.45. The number of aromatic hydroxyl groups is 1. The Kier molecular flexibility index (Phi) is 5.60. The predicted molar refractivity (Wildman–Crippen MR) is 102 cm³/mol. The molecule has 1 heterocycles. The molecule has 0 amide bonds. The molecule has 1 aliphatic rings. The van der Waals surface area contributed by atoms with Crippen molar-refractivity contribution in [3.63, 3.8) is 0 Å². The first-order chi connectivity index (χ1) is 12.5. The highest BCUT2D eigenvalue weighted by atomic mass is 35.5. The Morgan fingerprint density at radius 2 is 2.19 bits per heavy atom. The van der Waals surface area contributed by atoms with E-state index < -0.39 is 0 Å². The second-order valence-corrected chi connectivity index (χ2v) is 7.19. The van der Waals surface area contributed by atoms with E-state index in [1.54, 1.807) is 12.1 Å². The Bertz CT molecular complexity index is 847. The number of hydrogen-bond acceptors (Lipinski definition) is 6. The van der Waals surface area contributed by atoms with E-state index in [9.17, 15) is 10.4 Å². The summed E-state index contributed by atoms with van der Waals surface area (Å²) in [5.74, 6) is 1.17. The topological polar surface area (TPSA) is 108 Å². The van der Waals surface area contributed by atoms with Crippen molar-refractivity contribution in [3.8, 4) is 23.2 Å². The number of anilines is 1. The summed E-state index contributed by atoms with van der Waals surface area (Å²) in [5, 5.41) is 23.4. The van der Waals surface area contributed by atoms with E-state index in [1.807, 2.05) is 7.05 Å². The molecule has 1 aliphatic carbocycles. The minimum Gasteiger partial charge on any atom is -0.507 e. The number of hydrogen-bond donors (Lipinski definition) is 3. The number of nitrogens with zero attached hydrogens (tertiary/aromatic N) is 3. The number of nitriles is 1. The molecule has 0 saturated heterocycles. The van der Waals surface area contributed by atoms with E-state index in [-0.39, 0.29) is 17.5 Å². The fraction of sp³-hybridized carbons (Fsp3) is 0.421. The van der Waals surface area contributed by atoms with E-state index in [0.717, 1.165) is 25.8 Å². The lowest BCUT2D eigenvalue weighted by molar-refractivity contribution is 0.312. The van der Waals surface area contributed by atoms with E-state index in [1.165, 1.54) is 12.5 Å². The average molecular weight is 372 g/mol. The maximum absolute atomic E-state index is 10.2. The third-order valence-electron chi connectivity index (χ3n) is 4.94. The van der Waals surface area contributed by atoms with Crippen molar-refractivity contribution in [1.29, 1.82) is 5.26 Å². The van der Waals surface area contributed by atoms with Crippen LogP contribution in [0.5, 0.6) is 5.75 Å². The van der Waals surface area contributed by atoms with Gasteiger partial charge in [-0.1, -0.05) is 18.0 Å². The van der Waals surface area contributed by atoms with Crippen molar-refractivity contribution in [3.05, 3.63) is 34.5 Å². The van der Waals surface area contributed by atoms with Crippen molar-refractivity contribution in [2.24, 2.45) is 5.92 Å². The number of nitrogen functional groups attached to an aromatic ring is 1. The van der Waals surface area contributed by atoms with Crippen molar-refractivity contribution < 1.29 is 5.11 Å². The van der Waals surface area contributed by atoms with Gasteiger partial charge in [-0.15, -0.1) is 0 Å². The summed E-state index contributed by atoms with van der Waals surface area (Å²) in [6.45, 7) is 0.945. The van der Waals surface area contributed by atoms with Crippen LogP contribution in [-0.4, -0.2) is 28.7 Å². The molecule has 1 saturated carbocycles. The van der Waals surface area contributed by atoms with Gasteiger partial charge in [-0.25, -0.2) is 9.97 Å². The number of nitrogens with two attached hydrogens (primary N) is 1. The molecule has 7 heteroatoms. The van der Waals surface area contributed by atoms with E-state index >= 15 is 0 Å². The Balaban J connectivity index is 2.05. The summed E-state index contributed by atoms with van der Waals surface area (Å²) >= 11 is 6.05. The Morgan fingerprint density at radius 1 is 1.38 bits per heavy atom. The molecule has 2 unspecified atom stereocenters. The molecular formula is C19H22ClN5O. The lowest BCUT2D eigenvalue weighted by Crippen LogP contribution is -2.25. The molecule has 0 radical (unpaired) electrons. The molecule has 0 aliphatic heterocycles. The number of rotatable bonds is 4. The zero-order valence-electron chi connectivity index (χ0n) is 14.7. The van der Waals surface area contributed by atoms with Crippen LogP contribution in [0.4, 0.5) is 5.82 Å². The van der Waals surface area contributed by atoms with Crippen LogP contribution in [0.1, 0.15) is 42.9 Å². The van der Waals surface area contributed by atoms with Crippen LogP contribution >= 0.6 is 11.6 Å². The molecule has 136 valence electrons. The highest BCUT2D eigenvalue weighted by Gasteiger charge is 2.28. The molecule has 0 bridgehead atoms. The third-order valence-corrected chi connectivity index (χ3v) is 5.17. The largest absolute Gasteiger partial charge is 0.507 e. The second kappa shape index (κ2) is 7.90. The molecule has 26 heavy (non-hydrogen) atoms. The number of halogens is 1. The molecule has 0 spiro atoms. The summed E-state index contributed by atoms with van der Waals surface area (Å²) in [4.78, 5) is 8.88. The number of benzene rings is 1. The minimum atomic E-state index is 0.0289. The first-order valence-electron chi connectivity index (χ1n) is 8.74. The van der Waals surface area contributed by atoms with Crippen LogP contribution in [0.15, 0.2) is 18.2 Å². The summed E-state index contributed by atoms with van der Waals surface area (Å²) in [6, 6.07) is 6.86. The summed E-state index contributed by atoms with van der Waals surface area (Å²) < 4.78 is 0. The Morgan fingerprint density at radius 3 is 2.92 bits per heavy atom. The highest BCUT2D eigenvalue weighted by molar-refractivity contribution is 6.30. The zero-order valence-corrected chi connectivity index (χ0v) is 15.4. The van der Waals surface area contributed by atoms with Crippen molar-refractivity contribution in [2.75, 3.05) is 19.3 Å². The van der Waals surface area contributed by atoms with Crippen molar-refractivity contribution in [2.45, 2.75) is 31.6 Å². The fourth-order valence-electron chi connectivity index (χ4n) is 3.73. The molecule has 3 rings (SSSR count). The van der Waals surface area contributed by atoms with Crippen LogP contribution in [0.25, 0.3) is 11.4 Å². The van der Waals surface area contributed by atoms with Crippen LogP contribution < -0.4 is 11.1 Å². The van der Waals surface area contributed by atoms with Crippen LogP contribution in [0.2, 0.25) is 5.02 Å². The number of phenols is 1. The van der Waals surface area contributed by atoms with E-state index in [2.05, 4.69) is 21.4 Å². The van der Waals surface area contributed by atoms with Crippen molar-refractivity contribution in [1.82, 2.24) is 15.3 Å². The number of aromatic nitrogens is 2. The first kappa shape index (κ1) is 18.4. The quantitative estimate of drug-likeness (QED) is 0.759. The van der Waals surface area contributed by atoms with E-state index in [4.69, 9.17) is 17.3 Å². The van der Waals surface area contributed by atoms with Crippen LogP contribution in [0, 0.1) is 17.2 Å². The zero-order chi connectivity index (χ0) is 18.7. The molecule has 1 aromatic carbocycles. The molecule has 2 aromatic rings. The van der Waals surface area contributed by atoms with Crippen LogP contribution in [-0.2, 0) is 0 Å². The van der Waals surface area contributed by atoms with Gasteiger partial charge >= 0.3 is 0 Å². The molecule has 4 N–H and O–H groups in total. The second-order valence-electron chi connectivity index (χ2n) is 6.75. The van der Waals surface area contributed by atoms with Crippen molar-refractivity contribution >= 4 is 17.4 Å². The first-order valence-corrected chi connectivity index (χ1v) is 9.12. The Labute approximate surface area is 158 Å². The van der Waals surface area contributed by atoms with Gasteiger partial charge in [0.25, 0.3) is 0 Å². The summed E-state index contributed by atoms with van der Waals surface area (Å²) in [7, 11) is 1.95. The summed E-state index contributed by atoms with van der Waals surface area (Å²) in [5.41, 5.74) is 7.49. The standard InChI is InChI=1S/C19H22ClN5O/c1-23-10-11-3-2-4-12(7-11)17-15(9-21)18(22)25-19(24-17)14-8-13(20)5-6-16(14)26/h5-6,8,11-12,23,26H,2-4,7,10H2,1H3,(H2,22,24,25). The smallest absolute Gasteiger partial charge is 0.165 e. The van der Waals surface area contributed by atoms with Gasteiger partial charge in [0.15, 0.2) is 5.82 Å². The normalized spacial score (nSPS) is 19.9. The lowest BCUT2D eigenvalue weighted by Gasteiger charge is -2.29. The SMILES string of the molecule is CNCC1CCCC(c2nc(-c3cc(Cl)ccc3O)nc(N)c2C#N)C1. The highest BCUT2D eigenvalue weighted by Crippen LogP contribution is 2.39. The summed E-state index contributed by atoms with van der Waals surface area (Å²) in [6.07, 6.45) is 4.17. The van der Waals surface area contributed by atoms with E-state index in [0.29, 0.717) is 33.6 Å². The van der Waals surface area contributed by atoms with Gasteiger partial charge in [0.2, 0.25) is 0 Å². The van der Waals surface area contributed by atoms with Gasteiger partial charge < -0.3 is 16.2 Å².